The number of nitrogens with one attached hydrogen (secondary N) is 1. The van der Waals surface area contributed by atoms with Gasteiger partial charge >= 0.3 is 0 Å². The number of benzene rings is 1. The summed E-state index contributed by atoms with van der Waals surface area (Å²) < 4.78 is 5.20. The molecule has 1 aliphatic heterocycles. The van der Waals surface area contributed by atoms with E-state index in [-0.39, 0.29) is 11.3 Å². The van der Waals surface area contributed by atoms with E-state index in [2.05, 4.69) is 4.98 Å². The number of pyridine rings is 1. The van der Waals surface area contributed by atoms with Gasteiger partial charge in [0.25, 0.3) is 11.7 Å². The number of ether oxygens (including phenoxy) is 1. The Hall–Kier alpha value is -3.19. The molecule has 0 radical (unpaired) electrons. The van der Waals surface area contributed by atoms with Crippen LogP contribution in [0.3, 0.4) is 0 Å². The summed E-state index contributed by atoms with van der Waals surface area (Å²) in [6.07, 6.45) is 3.24. The summed E-state index contributed by atoms with van der Waals surface area (Å²) in [4.78, 5) is 32.4. The number of hydrogen-bond acceptors (Lipinski definition) is 5. The van der Waals surface area contributed by atoms with E-state index in [0.717, 1.165) is 4.90 Å². The summed E-state index contributed by atoms with van der Waals surface area (Å²) in [7, 11) is 5.48. The van der Waals surface area contributed by atoms with Gasteiger partial charge in [-0.3, -0.25) is 14.6 Å². The van der Waals surface area contributed by atoms with Crippen LogP contribution >= 0.6 is 0 Å². The molecule has 2 aromatic rings. The van der Waals surface area contributed by atoms with Crippen molar-refractivity contribution in [2.75, 3.05) is 34.3 Å². The molecule has 1 aliphatic rings. The average Bonchev–Trinajstić information content (AvgIpc) is 2.97. The first-order chi connectivity index (χ1) is 13.4. The molecule has 1 saturated heterocycles. The van der Waals surface area contributed by atoms with Crippen molar-refractivity contribution in [3.05, 3.63) is 65.5 Å². The molecule has 0 aliphatic carbocycles. The molecule has 1 atom stereocenters. The van der Waals surface area contributed by atoms with E-state index in [1.807, 2.05) is 14.1 Å². The molecule has 0 spiro atoms. The van der Waals surface area contributed by atoms with Gasteiger partial charge in [-0.2, -0.15) is 0 Å². The minimum atomic E-state index is -0.692. The standard InChI is InChI=1S/C21H23N3O4/c1-23(2)10-11-24-18(15-7-5-9-22-13-15)17(20(26)21(24)27)19(25)14-6-4-8-16(12-14)28-3/h4-9,12-13,18,25H,10-11H2,1-3H3/p+1/t18-/m0/s1. The lowest BCUT2D eigenvalue weighted by Gasteiger charge is -2.25. The third kappa shape index (κ3) is 3.75. The number of carbonyl (C=O) groups is 2. The fourth-order valence-electron chi connectivity index (χ4n) is 3.26. The first kappa shape index (κ1) is 19.6. The molecular weight excluding hydrogens is 358 g/mol. The zero-order valence-electron chi connectivity index (χ0n) is 16.2. The average molecular weight is 382 g/mol. The molecule has 0 unspecified atom stereocenters. The van der Waals surface area contributed by atoms with Gasteiger partial charge in [-0.25, -0.2) is 0 Å². The minimum Gasteiger partial charge on any atom is -0.507 e. The molecule has 0 saturated carbocycles. The monoisotopic (exact) mass is 382 g/mol. The van der Waals surface area contributed by atoms with Crippen LogP contribution in [0.4, 0.5) is 0 Å². The topological polar surface area (TPSA) is 84.2 Å². The highest BCUT2D eigenvalue weighted by Gasteiger charge is 2.46. The van der Waals surface area contributed by atoms with E-state index in [9.17, 15) is 14.7 Å². The van der Waals surface area contributed by atoms with Gasteiger partial charge in [-0.1, -0.05) is 18.2 Å². The van der Waals surface area contributed by atoms with Crippen LogP contribution in [-0.4, -0.2) is 61.0 Å². The number of hydrogen-bond donors (Lipinski definition) is 2. The summed E-state index contributed by atoms with van der Waals surface area (Å²) in [5.41, 5.74) is 1.17. The second kappa shape index (κ2) is 8.22. The molecule has 28 heavy (non-hydrogen) atoms. The highest BCUT2D eigenvalue weighted by Crippen LogP contribution is 2.39. The Morgan fingerprint density at radius 2 is 2.04 bits per heavy atom. The number of ketones is 1. The molecule has 3 rings (SSSR count). The zero-order valence-corrected chi connectivity index (χ0v) is 16.2. The van der Waals surface area contributed by atoms with Gasteiger partial charge in [0.05, 0.1) is 45.9 Å². The Morgan fingerprint density at radius 3 is 2.68 bits per heavy atom. The third-order valence-electron chi connectivity index (χ3n) is 4.74. The second-order valence-corrected chi connectivity index (χ2v) is 6.97. The van der Waals surface area contributed by atoms with Gasteiger partial charge in [0.1, 0.15) is 11.5 Å². The van der Waals surface area contributed by atoms with Crippen molar-refractivity contribution in [3.63, 3.8) is 0 Å². The normalized spacial score (nSPS) is 18.7. The Labute approximate surface area is 163 Å². The third-order valence-corrected chi connectivity index (χ3v) is 4.74. The quantitative estimate of drug-likeness (QED) is 0.436. The molecule has 2 heterocycles. The molecule has 1 fully saturated rings. The number of likely N-dealkylation sites (N-methyl/N-ethyl adjacent to an activating group) is 1. The van der Waals surface area contributed by atoms with E-state index in [4.69, 9.17) is 4.74 Å². The number of aliphatic hydroxyl groups excluding tert-OH is 1. The van der Waals surface area contributed by atoms with Crippen molar-refractivity contribution in [2.24, 2.45) is 0 Å². The summed E-state index contributed by atoms with van der Waals surface area (Å²) in [6.45, 7) is 1.06. The number of Topliss-reactive ketones (excluding diaryl/α,β-unsaturated/α-hetero) is 1. The van der Waals surface area contributed by atoms with E-state index in [0.29, 0.717) is 30.0 Å². The van der Waals surface area contributed by atoms with Gasteiger partial charge < -0.3 is 19.6 Å². The highest BCUT2D eigenvalue weighted by atomic mass is 16.5. The highest BCUT2D eigenvalue weighted by molar-refractivity contribution is 6.46. The van der Waals surface area contributed by atoms with Crippen molar-refractivity contribution in [1.82, 2.24) is 9.88 Å². The van der Waals surface area contributed by atoms with E-state index in [1.54, 1.807) is 48.8 Å². The van der Waals surface area contributed by atoms with Crippen LogP contribution in [0.5, 0.6) is 5.75 Å². The summed E-state index contributed by atoms with van der Waals surface area (Å²) >= 11 is 0. The summed E-state index contributed by atoms with van der Waals surface area (Å²) in [5.74, 6) is -0.972. The lowest BCUT2D eigenvalue weighted by atomic mass is 9.96. The Kier molecular flexibility index (Phi) is 5.75. The number of aromatic nitrogens is 1. The number of methoxy groups -OCH3 is 1. The Morgan fingerprint density at radius 1 is 1.25 bits per heavy atom. The summed E-state index contributed by atoms with van der Waals surface area (Å²) in [6, 6.07) is 9.64. The Balaban J connectivity index is 2.13. The first-order valence-electron chi connectivity index (χ1n) is 9.05. The first-order valence-corrected chi connectivity index (χ1v) is 9.05. The number of nitrogens with zero attached hydrogens (tertiary/aromatic N) is 2. The van der Waals surface area contributed by atoms with E-state index < -0.39 is 17.7 Å². The van der Waals surface area contributed by atoms with Crippen LogP contribution in [0.15, 0.2) is 54.4 Å². The van der Waals surface area contributed by atoms with Crippen LogP contribution in [0.25, 0.3) is 5.76 Å². The van der Waals surface area contributed by atoms with Crippen LogP contribution < -0.4 is 9.64 Å². The molecule has 2 N–H and O–H groups in total. The second-order valence-electron chi connectivity index (χ2n) is 6.97. The van der Waals surface area contributed by atoms with Crippen molar-refractivity contribution in [2.45, 2.75) is 6.04 Å². The maximum Gasteiger partial charge on any atom is 0.295 e. The molecule has 7 nitrogen and oxygen atoms in total. The molecule has 1 amide bonds. The number of carbonyl (C=O) groups excluding carboxylic acids is 2. The maximum atomic E-state index is 12.8. The predicted octanol–water partition coefficient (Wildman–Crippen LogP) is 0.656. The van der Waals surface area contributed by atoms with Crippen LogP contribution in [-0.2, 0) is 9.59 Å². The van der Waals surface area contributed by atoms with Crippen LogP contribution in [0.1, 0.15) is 17.2 Å². The zero-order chi connectivity index (χ0) is 20.3. The summed E-state index contributed by atoms with van der Waals surface area (Å²) in [5, 5.41) is 11.0. The van der Waals surface area contributed by atoms with Gasteiger partial charge in [0.15, 0.2) is 0 Å². The van der Waals surface area contributed by atoms with Gasteiger partial charge in [0, 0.05) is 18.0 Å². The van der Waals surface area contributed by atoms with Gasteiger partial charge in [-0.05, 0) is 23.8 Å². The number of aliphatic hydroxyl groups is 1. The van der Waals surface area contributed by atoms with Crippen LogP contribution in [0.2, 0.25) is 0 Å². The maximum absolute atomic E-state index is 12.8. The largest absolute Gasteiger partial charge is 0.507 e. The minimum absolute atomic E-state index is 0.0695. The van der Waals surface area contributed by atoms with Crippen molar-refractivity contribution in [3.8, 4) is 5.75 Å². The SMILES string of the molecule is COc1cccc(C(O)=C2C(=O)C(=O)N(CC[NH+](C)C)[C@H]2c2cccnc2)c1. The van der Waals surface area contributed by atoms with Crippen molar-refractivity contribution < 1.29 is 24.3 Å². The van der Waals surface area contributed by atoms with Crippen LogP contribution in [0, 0.1) is 0 Å². The fourth-order valence-corrected chi connectivity index (χ4v) is 3.26. The van der Waals surface area contributed by atoms with E-state index in [1.165, 1.54) is 12.0 Å². The molecular formula is C21H24N3O4+. The molecule has 1 aromatic carbocycles. The van der Waals surface area contributed by atoms with Gasteiger partial charge in [0.2, 0.25) is 0 Å². The molecule has 0 bridgehead atoms. The molecule has 146 valence electrons. The number of likely N-dealkylation sites (tertiary alicyclic amines) is 1. The molecule has 1 aromatic heterocycles. The fraction of sp³-hybridized carbons (Fsp3) is 0.286. The number of quaternary nitrogens is 1. The van der Waals surface area contributed by atoms with Crippen molar-refractivity contribution >= 4 is 17.4 Å². The number of amides is 1. The Bertz CT molecular complexity index is 909. The lowest BCUT2D eigenvalue weighted by Crippen LogP contribution is -3.06. The van der Waals surface area contributed by atoms with Crippen molar-refractivity contribution in [1.29, 1.82) is 0 Å². The number of rotatable bonds is 6. The lowest BCUT2D eigenvalue weighted by molar-refractivity contribution is -0.857. The smallest absolute Gasteiger partial charge is 0.295 e. The predicted molar refractivity (Wildman–Crippen MR) is 104 cm³/mol. The van der Waals surface area contributed by atoms with Gasteiger partial charge in [-0.15, -0.1) is 0 Å². The van der Waals surface area contributed by atoms with E-state index >= 15 is 0 Å². The molecule has 7 heteroatoms.